The van der Waals surface area contributed by atoms with Crippen molar-refractivity contribution < 1.29 is 0 Å². The van der Waals surface area contributed by atoms with Gasteiger partial charge in [-0.05, 0) is 68.2 Å². The molecule has 0 spiro atoms. The Balaban J connectivity index is 1.88. The number of aryl methyl sites for hydroxylation is 1. The second kappa shape index (κ2) is 4.13. The topological polar surface area (TPSA) is 12.0 Å². The maximum atomic E-state index is 3.58. The zero-order valence-electron chi connectivity index (χ0n) is 11.2. The molecule has 17 heavy (non-hydrogen) atoms. The van der Waals surface area contributed by atoms with E-state index in [9.17, 15) is 0 Å². The molecule has 2 aliphatic carbocycles. The van der Waals surface area contributed by atoms with Crippen LogP contribution in [0.2, 0.25) is 0 Å². The first-order valence-corrected chi connectivity index (χ1v) is 6.97. The van der Waals surface area contributed by atoms with E-state index in [-0.39, 0.29) is 0 Å². The smallest absolute Gasteiger partial charge is 0.0354 e. The van der Waals surface area contributed by atoms with Gasteiger partial charge in [-0.1, -0.05) is 24.6 Å². The summed E-state index contributed by atoms with van der Waals surface area (Å²) in [5, 5.41) is 3.58. The Morgan fingerprint density at radius 2 is 1.88 bits per heavy atom. The molecular weight excluding hydrogens is 206 g/mol. The van der Waals surface area contributed by atoms with E-state index in [1.807, 2.05) is 0 Å². The van der Waals surface area contributed by atoms with Crippen LogP contribution < -0.4 is 5.32 Å². The lowest BCUT2D eigenvalue weighted by Crippen LogP contribution is -2.21. The maximum Gasteiger partial charge on any atom is 0.0354 e. The highest BCUT2D eigenvalue weighted by Crippen LogP contribution is 2.62. The van der Waals surface area contributed by atoms with Crippen molar-refractivity contribution in [2.24, 2.45) is 17.8 Å². The van der Waals surface area contributed by atoms with Crippen molar-refractivity contribution in [3.8, 4) is 0 Å². The molecular formula is C16H23N. The fourth-order valence-corrected chi connectivity index (χ4v) is 4.04. The Bertz CT molecular complexity index is 414. The molecule has 0 amide bonds. The molecule has 3 rings (SSSR count). The molecule has 92 valence electrons. The van der Waals surface area contributed by atoms with Crippen LogP contribution in [0.4, 0.5) is 0 Å². The highest BCUT2D eigenvalue weighted by molar-refractivity contribution is 5.37. The van der Waals surface area contributed by atoms with Crippen LogP contribution >= 0.6 is 0 Å². The monoisotopic (exact) mass is 229 g/mol. The summed E-state index contributed by atoms with van der Waals surface area (Å²) in [6, 6.07) is 7.34. The summed E-state index contributed by atoms with van der Waals surface area (Å²) >= 11 is 0. The summed E-state index contributed by atoms with van der Waals surface area (Å²) < 4.78 is 0. The summed E-state index contributed by atoms with van der Waals surface area (Å²) in [5.41, 5.74) is 4.44. The summed E-state index contributed by atoms with van der Waals surface area (Å²) in [4.78, 5) is 0. The number of benzene rings is 1. The van der Waals surface area contributed by atoms with Crippen molar-refractivity contribution in [2.45, 2.75) is 39.2 Å². The molecule has 0 heterocycles. The van der Waals surface area contributed by atoms with E-state index in [0.29, 0.717) is 6.04 Å². The first-order chi connectivity index (χ1) is 8.24. The normalized spacial score (nSPS) is 32.3. The lowest BCUT2D eigenvalue weighted by molar-refractivity contribution is 0.443. The number of hydrogen-bond donors (Lipinski definition) is 1. The predicted octanol–water partition coefficient (Wildman–Crippen LogP) is 3.61. The minimum Gasteiger partial charge on any atom is -0.313 e. The van der Waals surface area contributed by atoms with E-state index < -0.39 is 0 Å². The molecule has 0 aromatic heterocycles. The first-order valence-electron chi connectivity index (χ1n) is 6.97. The standard InChI is InChI=1S/C16H23N/c1-10-6-4-7-12(11(10)2)16(17-3)15-13-8-5-9-14(13)15/h4,6-7,13-17H,5,8-9H2,1-3H3. The Kier molecular flexibility index (Phi) is 2.74. The molecule has 2 aliphatic rings. The van der Waals surface area contributed by atoms with Gasteiger partial charge in [0.1, 0.15) is 0 Å². The minimum atomic E-state index is 0.588. The summed E-state index contributed by atoms with van der Waals surface area (Å²) in [6.45, 7) is 4.49. The Morgan fingerprint density at radius 1 is 1.18 bits per heavy atom. The molecule has 1 heteroatoms. The third-order valence-corrected chi connectivity index (χ3v) is 5.15. The van der Waals surface area contributed by atoms with Crippen LogP contribution in [-0.2, 0) is 0 Å². The molecule has 3 unspecified atom stereocenters. The molecule has 1 nitrogen and oxygen atoms in total. The van der Waals surface area contributed by atoms with Gasteiger partial charge in [0.05, 0.1) is 0 Å². The predicted molar refractivity (Wildman–Crippen MR) is 72.0 cm³/mol. The number of nitrogens with one attached hydrogen (secondary N) is 1. The van der Waals surface area contributed by atoms with Gasteiger partial charge in [-0.3, -0.25) is 0 Å². The van der Waals surface area contributed by atoms with Gasteiger partial charge in [0.25, 0.3) is 0 Å². The zero-order valence-corrected chi connectivity index (χ0v) is 11.2. The van der Waals surface area contributed by atoms with Gasteiger partial charge < -0.3 is 5.32 Å². The van der Waals surface area contributed by atoms with E-state index >= 15 is 0 Å². The van der Waals surface area contributed by atoms with E-state index in [1.165, 1.54) is 36.0 Å². The molecule has 2 fully saturated rings. The van der Waals surface area contributed by atoms with Crippen molar-refractivity contribution in [1.29, 1.82) is 0 Å². The number of fused-ring (bicyclic) bond motifs is 1. The molecule has 2 saturated carbocycles. The molecule has 1 N–H and O–H groups in total. The van der Waals surface area contributed by atoms with Crippen molar-refractivity contribution in [1.82, 2.24) is 5.32 Å². The molecule has 1 aromatic rings. The quantitative estimate of drug-likeness (QED) is 0.835. The van der Waals surface area contributed by atoms with E-state index in [0.717, 1.165) is 17.8 Å². The molecule has 3 atom stereocenters. The van der Waals surface area contributed by atoms with Crippen molar-refractivity contribution >= 4 is 0 Å². The largest absolute Gasteiger partial charge is 0.313 e. The average molecular weight is 229 g/mol. The van der Waals surface area contributed by atoms with Crippen LogP contribution in [0.5, 0.6) is 0 Å². The number of rotatable bonds is 3. The molecule has 0 saturated heterocycles. The van der Waals surface area contributed by atoms with Crippen molar-refractivity contribution in [2.75, 3.05) is 7.05 Å². The Hall–Kier alpha value is -0.820. The van der Waals surface area contributed by atoms with Gasteiger partial charge in [-0.2, -0.15) is 0 Å². The van der Waals surface area contributed by atoms with Crippen molar-refractivity contribution in [3.63, 3.8) is 0 Å². The van der Waals surface area contributed by atoms with Crippen LogP contribution in [0, 0.1) is 31.6 Å². The Morgan fingerprint density at radius 3 is 2.53 bits per heavy atom. The van der Waals surface area contributed by atoms with Gasteiger partial charge in [0, 0.05) is 6.04 Å². The maximum absolute atomic E-state index is 3.58. The van der Waals surface area contributed by atoms with Crippen LogP contribution in [0.15, 0.2) is 18.2 Å². The van der Waals surface area contributed by atoms with Gasteiger partial charge >= 0.3 is 0 Å². The molecule has 0 bridgehead atoms. The summed E-state index contributed by atoms with van der Waals surface area (Å²) in [7, 11) is 2.13. The van der Waals surface area contributed by atoms with E-state index in [2.05, 4.69) is 44.4 Å². The van der Waals surface area contributed by atoms with E-state index in [4.69, 9.17) is 0 Å². The lowest BCUT2D eigenvalue weighted by Gasteiger charge is -2.21. The molecule has 0 radical (unpaired) electrons. The van der Waals surface area contributed by atoms with Gasteiger partial charge in [-0.15, -0.1) is 0 Å². The fraction of sp³-hybridized carbons (Fsp3) is 0.625. The van der Waals surface area contributed by atoms with E-state index in [1.54, 1.807) is 0 Å². The fourth-order valence-electron chi connectivity index (χ4n) is 4.04. The highest BCUT2D eigenvalue weighted by Gasteiger charge is 2.55. The van der Waals surface area contributed by atoms with Gasteiger partial charge in [0.2, 0.25) is 0 Å². The van der Waals surface area contributed by atoms with Gasteiger partial charge in [-0.25, -0.2) is 0 Å². The summed E-state index contributed by atoms with van der Waals surface area (Å²) in [6.07, 6.45) is 4.41. The second-order valence-corrected chi connectivity index (χ2v) is 5.89. The van der Waals surface area contributed by atoms with Crippen LogP contribution in [0.25, 0.3) is 0 Å². The third-order valence-electron chi connectivity index (χ3n) is 5.15. The van der Waals surface area contributed by atoms with Gasteiger partial charge in [0.15, 0.2) is 0 Å². The molecule has 0 aliphatic heterocycles. The van der Waals surface area contributed by atoms with Crippen LogP contribution in [0.1, 0.15) is 42.0 Å². The second-order valence-electron chi connectivity index (χ2n) is 5.89. The lowest BCUT2D eigenvalue weighted by atomic mass is 9.92. The van der Waals surface area contributed by atoms with Crippen molar-refractivity contribution in [3.05, 3.63) is 34.9 Å². The first kappa shape index (κ1) is 11.3. The third kappa shape index (κ3) is 1.72. The summed E-state index contributed by atoms with van der Waals surface area (Å²) in [5.74, 6) is 2.95. The van der Waals surface area contributed by atoms with Crippen LogP contribution in [0.3, 0.4) is 0 Å². The highest BCUT2D eigenvalue weighted by atomic mass is 14.9. The minimum absolute atomic E-state index is 0.588. The zero-order chi connectivity index (χ0) is 12.0. The molecule has 1 aromatic carbocycles. The number of hydrogen-bond acceptors (Lipinski definition) is 1. The SMILES string of the molecule is CNC(c1cccc(C)c1C)C1C2CCCC21. The Labute approximate surface area is 105 Å². The van der Waals surface area contributed by atoms with Crippen LogP contribution in [-0.4, -0.2) is 7.05 Å². The average Bonchev–Trinajstić information content (AvgIpc) is 2.80.